The number of aryl methyl sites for hydroxylation is 1. The van der Waals surface area contributed by atoms with Crippen LogP contribution in [-0.2, 0) is 22.9 Å². The smallest absolute Gasteiger partial charge is 0.273 e. The highest BCUT2D eigenvalue weighted by Gasteiger charge is 2.32. The molecule has 0 radical (unpaired) electrons. The van der Waals surface area contributed by atoms with Crippen LogP contribution in [0.5, 0.6) is 0 Å². The molecule has 0 aliphatic heterocycles. The van der Waals surface area contributed by atoms with Gasteiger partial charge in [0.25, 0.3) is 15.9 Å². The number of furan rings is 1. The maximum Gasteiger partial charge on any atom is 0.273 e. The number of hydrogen-bond donors (Lipinski definition) is 2. The van der Waals surface area contributed by atoms with Gasteiger partial charge in [-0.25, -0.2) is 13.1 Å². The van der Waals surface area contributed by atoms with Gasteiger partial charge in [-0.2, -0.15) is 0 Å². The van der Waals surface area contributed by atoms with E-state index < -0.39 is 10.0 Å². The van der Waals surface area contributed by atoms with Crippen LogP contribution in [0.25, 0.3) is 0 Å². The van der Waals surface area contributed by atoms with Gasteiger partial charge in [-0.05, 0) is 44.4 Å². The predicted molar refractivity (Wildman–Crippen MR) is 89.3 cm³/mol. The van der Waals surface area contributed by atoms with Crippen LogP contribution in [0.4, 0.5) is 0 Å². The molecule has 0 saturated carbocycles. The van der Waals surface area contributed by atoms with Crippen LogP contribution >= 0.6 is 0 Å². The standard InChI is InChI=1S/C17H20N2O4S/c1-17(8-7-12-5-3-4-6-13(12)10-17)19-16(20)14-9-15(23-11-14)24(21,22)18-2/h3-6,9,11,18H,7-8,10H2,1-2H3,(H,19,20)/t17-/m0/s1. The SMILES string of the molecule is CNS(=O)(=O)c1cc(C(=O)N[C@@]2(C)CCc3ccccc3C2)co1. The van der Waals surface area contributed by atoms with Crippen molar-refractivity contribution in [2.75, 3.05) is 7.05 Å². The first-order valence-electron chi connectivity index (χ1n) is 7.74. The molecule has 0 fully saturated rings. The molecule has 1 heterocycles. The van der Waals surface area contributed by atoms with E-state index in [9.17, 15) is 13.2 Å². The third-order valence-corrected chi connectivity index (χ3v) is 5.71. The molecular weight excluding hydrogens is 328 g/mol. The van der Waals surface area contributed by atoms with Gasteiger partial charge in [0, 0.05) is 11.6 Å². The van der Waals surface area contributed by atoms with Crippen molar-refractivity contribution < 1.29 is 17.6 Å². The number of benzene rings is 1. The molecule has 1 atom stereocenters. The van der Waals surface area contributed by atoms with Crippen molar-refractivity contribution in [3.05, 3.63) is 53.3 Å². The Morgan fingerprint density at radius 3 is 2.67 bits per heavy atom. The largest absolute Gasteiger partial charge is 0.451 e. The molecule has 0 saturated heterocycles. The molecule has 1 amide bonds. The van der Waals surface area contributed by atoms with E-state index in [2.05, 4.69) is 22.2 Å². The lowest BCUT2D eigenvalue weighted by atomic mass is 9.79. The molecule has 2 N–H and O–H groups in total. The van der Waals surface area contributed by atoms with Gasteiger partial charge in [-0.1, -0.05) is 24.3 Å². The van der Waals surface area contributed by atoms with Crippen LogP contribution in [0.1, 0.15) is 34.8 Å². The zero-order valence-electron chi connectivity index (χ0n) is 13.6. The van der Waals surface area contributed by atoms with Gasteiger partial charge in [0.05, 0.1) is 5.56 Å². The fraction of sp³-hybridized carbons (Fsp3) is 0.353. The van der Waals surface area contributed by atoms with Crippen LogP contribution < -0.4 is 10.0 Å². The Hall–Kier alpha value is -2.12. The second-order valence-corrected chi connectivity index (χ2v) is 8.14. The van der Waals surface area contributed by atoms with Gasteiger partial charge in [-0.15, -0.1) is 0 Å². The maximum atomic E-state index is 12.5. The van der Waals surface area contributed by atoms with Crippen molar-refractivity contribution in [2.45, 2.75) is 36.8 Å². The Balaban J connectivity index is 1.76. The molecule has 0 spiro atoms. The number of rotatable bonds is 4. The number of carbonyl (C=O) groups is 1. The molecule has 24 heavy (non-hydrogen) atoms. The topological polar surface area (TPSA) is 88.4 Å². The van der Waals surface area contributed by atoms with Crippen LogP contribution in [-0.4, -0.2) is 26.9 Å². The zero-order chi connectivity index (χ0) is 17.4. The zero-order valence-corrected chi connectivity index (χ0v) is 14.4. The van der Waals surface area contributed by atoms with E-state index >= 15 is 0 Å². The number of sulfonamides is 1. The molecule has 7 heteroatoms. The number of nitrogens with one attached hydrogen (secondary N) is 2. The molecular formula is C17H20N2O4S. The van der Waals surface area contributed by atoms with Crippen LogP contribution in [0.15, 0.2) is 46.1 Å². The van der Waals surface area contributed by atoms with Crippen molar-refractivity contribution in [2.24, 2.45) is 0 Å². The molecule has 1 aliphatic carbocycles. The average molecular weight is 348 g/mol. The number of carbonyl (C=O) groups excluding carboxylic acids is 1. The lowest BCUT2D eigenvalue weighted by molar-refractivity contribution is 0.0897. The van der Waals surface area contributed by atoms with E-state index in [1.807, 2.05) is 19.1 Å². The molecule has 1 aromatic carbocycles. The summed E-state index contributed by atoms with van der Waals surface area (Å²) < 4.78 is 30.5. The van der Waals surface area contributed by atoms with Crippen LogP contribution in [0.3, 0.4) is 0 Å². The molecule has 3 rings (SSSR count). The lowest BCUT2D eigenvalue weighted by Gasteiger charge is -2.35. The summed E-state index contributed by atoms with van der Waals surface area (Å²) in [5, 5.41) is 2.75. The Kier molecular flexibility index (Phi) is 4.23. The van der Waals surface area contributed by atoms with Crippen LogP contribution in [0.2, 0.25) is 0 Å². The van der Waals surface area contributed by atoms with Gasteiger partial charge in [0.2, 0.25) is 5.09 Å². The second kappa shape index (κ2) is 6.07. The van der Waals surface area contributed by atoms with Crippen LogP contribution in [0, 0.1) is 0 Å². The van der Waals surface area contributed by atoms with Gasteiger partial charge < -0.3 is 9.73 Å². The summed E-state index contributed by atoms with van der Waals surface area (Å²) in [6.07, 6.45) is 3.64. The van der Waals surface area contributed by atoms with E-state index in [0.717, 1.165) is 19.3 Å². The fourth-order valence-corrected chi connectivity index (χ4v) is 3.68. The van der Waals surface area contributed by atoms with Crippen molar-refractivity contribution in [3.63, 3.8) is 0 Å². The average Bonchev–Trinajstić information content (AvgIpc) is 3.05. The first-order chi connectivity index (χ1) is 11.3. The molecule has 1 aliphatic rings. The first kappa shape index (κ1) is 16.7. The van der Waals surface area contributed by atoms with Gasteiger partial charge in [-0.3, -0.25) is 4.79 Å². The second-order valence-electron chi connectivity index (χ2n) is 6.32. The number of amides is 1. The predicted octanol–water partition coefficient (Wildman–Crippen LogP) is 1.87. The quantitative estimate of drug-likeness (QED) is 0.883. The number of hydrogen-bond acceptors (Lipinski definition) is 4. The molecule has 2 aromatic rings. The molecule has 6 nitrogen and oxygen atoms in total. The van der Waals surface area contributed by atoms with E-state index in [0.29, 0.717) is 0 Å². The van der Waals surface area contributed by atoms with E-state index in [-0.39, 0.29) is 22.1 Å². The fourth-order valence-electron chi connectivity index (χ4n) is 3.02. The lowest BCUT2D eigenvalue weighted by Crippen LogP contribution is -2.49. The monoisotopic (exact) mass is 348 g/mol. The summed E-state index contributed by atoms with van der Waals surface area (Å²) >= 11 is 0. The Morgan fingerprint density at radius 1 is 1.25 bits per heavy atom. The van der Waals surface area contributed by atoms with E-state index in [1.165, 1.54) is 30.5 Å². The van der Waals surface area contributed by atoms with E-state index in [1.54, 1.807) is 0 Å². The highest BCUT2D eigenvalue weighted by molar-refractivity contribution is 7.89. The Labute approximate surface area is 141 Å². The summed E-state index contributed by atoms with van der Waals surface area (Å²) in [5.41, 5.74) is 2.38. The highest BCUT2D eigenvalue weighted by atomic mass is 32.2. The Bertz CT molecular complexity index is 872. The molecule has 0 bridgehead atoms. The van der Waals surface area contributed by atoms with Gasteiger partial charge >= 0.3 is 0 Å². The minimum atomic E-state index is -3.70. The van der Waals surface area contributed by atoms with E-state index in [4.69, 9.17) is 4.42 Å². The minimum absolute atomic E-state index is 0.198. The van der Waals surface area contributed by atoms with Crippen molar-refractivity contribution in [1.29, 1.82) is 0 Å². The maximum absolute atomic E-state index is 12.5. The molecule has 1 aromatic heterocycles. The summed E-state index contributed by atoms with van der Waals surface area (Å²) in [7, 11) is -2.41. The molecule has 128 valence electrons. The number of fused-ring (bicyclic) bond motifs is 1. The minimum Gasteiger partial charge on any atom is -0.451 e. The molecule has 0 unspecified atom stereocenters. The third kappa shape index (κ3) is 3.22. The summed E-state index contributed by atoms with van der Waals surface area (Å²) in [6, 6.07) is 9.45. The summed E-state index contributed by atoms with van der Waals surface area (Å²) in [6.45, 7) is 2.01. The van der Waals surface area contributed by atoms with Crippen molar-refractivity contribution in [1.82, 2.24) is 10.0 Å². The van der Waals surface area contributed by atoms with Gasteiger partial charge in [0.1, 0.15) is 6.26 Å². The third-order valence-electron chi connectivity index (χ3n) is 4.43. The van der Waals surface area contributed by atoms with Crippen molar-refractivity contribution >= 4 is 15.9 Å². The van der Waals surface area contributed by atoms with Gasteiger partial charge in [0.15, 0.2) is 0 Å². The van der Waals surface area contributed by atoms with Crippen molar-refractivity contribution in [3.8, 4) is 0 Å². The summed E-state index contributed by atoms with van der Waals surface area (Å²) in [5.74, 6) is -0.335. The first-order valence-corrected chi connectivity index (χ1v) is 9.23. The Morgan fingerprint density at radius 2 is 1.96 bits per heavy atom. The highest BCUT2D eigenvalue weighted by Crippen LogP contribution is 2.29. The summed E-state index contributed by atoms with van der Waals surface area (Å²) in [4.78, 5) is 12.5. The normalized spacial score (nSPS) is 20.4.